The summed E-state index contributed by atoms with van der Waals surface area (Å²) in [6, 6.07) is 13.5. The highest BCUT2D eigenvalue weighted by molar-refractivity contribution is 5.77. The topological polar surface area (TPSA) is 13.1 Å². The van der Waals surface area contributed by atoms with Crippen LogP contribution in [0, 0.1) is 25.5 Å². The van der Waals surface area contributed by atoms with Crippen molar-refractivity contribution in [3.63, 3.8) is 0 Å². The SMILES string of the molecule is CC.Cc1cc(F)cc(F)c1.Cc1cc2ccccc2o1. The molecule has 112 valence electrons. The van der Waals surface area contributed by atoms with E-state index < -0.39 is 11.6 Å². The minimum atomic E-state index is -0.521. The van der Waals surface area contributed by atoms with E-state index in [1.54, 1.807) is 6.92 Å². The zero-order valence-electron chi connectivity index (χ0n) is 12.8. The third kappa shape index (κ3) is 5.38. The molecule has 0 unspecified atom stereocenters. The third-order valence-electron chi connectivity index (χ3n) is 2.56. The molecule has 0 saturated heterocycles. The summed E-state index contributed by atoms with van der Waals surface area (Å²) in [5.41, 5.74) is 1.58. The van der Waals surface area contributed by atoms with E-state index in [0.29, 0.717) is 5.56 Å². The molecule has 0 saturated carbocycles. The monoisotopic (exact) mass is 290 g/mol. The number of halogens is 2. The maximum atomic E-state index is 12.2. The Morgan fingerprint density at radius 2 is 1.38 bits per heavy atom. The molecule has 0 aliphatic heterocycles. The van der Waals surface area contributed by atoms with E-state index in [1.165, 1.54) is 17.5 Å². The zero-order chi connectivity index (χ0) is 15.8. The second-order valence-electron chi connectivity index (χ2n) is 4.34. The molecule has 1 heterocycles. The van der Waals surface area contributed by atoms with Crippen LogP contribution in [0.2, 0.25) is 0 Å². The van der Waals surface area contributed by atoms with E-state index in [4.69, 9.17) is 4.42 Å². The van der Waals surface area contributed by atoms with Crippen molar-refractivity contribution in [1.29, 1.82) is 0 Å². The molecular weight excluding hydrogens is 270 g/mol. The molecule has 0 fully saturated rings. The Hall–Kier alpha value is -2.16. The first-order valence-electron chi connectivity index (χ1n) is 6.92. The summed E-state index contributed by atoms with van der Waals surface area (Å²) in [5.74, 6) is -0.0683. The Kier molecular flexibility index (Phi) is 6.60. The molecule has 0 amide bonds. The van der Waals surface area contributed by atoms with E-state index in [0.717, 1.165) is 17.4 Å². The van der Waals surface area contributed by atoms with Gasteiger partial charge in [-0.2, -0.15) is 0 Å². The summed E-state index contributed by atoms with van der Waals surface area (Å²) in [6.07, 6.45) is 0. The molecule has 21 heavy (non-hydrogen) atoms. The Morgan fingerprint density at radius 3 is 1.90 bits per heavy atom. The average molecular weight is 290 g/mol. The Bertz CT molecular complexity index is 603. The molecule has 3 heteroatoms. The molecule has 1 aromatic heterocycles. The third-order valence-corrected chi connectivity index (χ3v) is 2.56. The lowest BCUT2D eigenvalue weighted by Gasteiger charge is -1.91. The van der Waals surface area contributed by atoms with Gasteiger partial charge in [0.05, 0.1) is 0 Å². The number of benzene rings is 2. The van der Waals surface area contributed by atoms with E-state index >= 15 is 0 Å². The summed E-state index contributed by atoms with van der Waals surface area (Å²) in [6.45, 7) is 7.60. The lowest BCUT2D eigenvalue weighted by molar-refractivity contribution is 0.578. The lowest BCUT2D eigenvalue weighted by atomic mass is 10.2. The number of rotatable bonds is 0. The van der Waals surface area contributed by atoms with Crippen molar-refractivity contribution in [2.45, 2.75) is 27.7 Å². The number of fused-ring (bicyclic) bond motifs is 1. The molecule has 3 aromatic rings. The first kappa shape index (κ1) is 16.9. The van der Waals surface area contributed by atoms with Crippen LogP contribution in [-0.4, -0.2) is 0 Å². The fourth-order valence-corrected chi connectivity index (χ4v) is 1.81. The smallest absolute Gasteiger partial charge is 0.134 e. The molecule has 0 atom stereocenters. The average Bonchev–Trinajstić information content (AvgIpc) is 2.80. The van der Waals surface area contributed by atoms with Crippen LogP contribution in [0.5, 0.6) is 0 Å². The molecule has 0 N–H and O–H groups in total. The van der Waals surface area contributed by atoms with Crippen LogP contribution >= 0.6 is 0 Å². The number of para-hydroxylation sites is 1. The summed E-state index contributed by atoms with van der Waals surface area (Å²) in [5, 5.41) is 1.18. The van der Waals surface area contributed by atoms with Crippen LogP contribution in [0.4, 0.5) is 8.78 Å². The maximum absolute atomic E-state index is 12.2. The van der Waals surface area contributed by atoms with Crippen LogP contribution in [-0.2, 0) is 0 Å². The second kappa shape index (κ2) is 8.20. The molecule has 0 radical (unpaired) electrons. The van der Waals surface area contributed by atoms with Gasteiger partial charge in [-0.1, -0.05) is 32.0 Å². The molecule has 2 aromatic carbocycles. The van der Waals surface area contributed by atoms with Crippen LogP contribution in [0.25, 0.3) is 11.0 Å². The van der Waals surface area contributed by atoms with Crippen molar-refractivity contribution < 1.29 is 13.2 Å². The van der Waals surface area contributed by atoms with Crippen LogP contribution in [0.1, 0.15) is 25.2 Å². The Labute approximate surface area is 124 Å². The van der Waals surface area contributed by atoms with Gasteiger partial charge in [-0.05, 0) is 43.7 Å². The number of aryl methyl sites for hydroxylation is 2. The van der Waals surface area contributed by atoms with Crippen molar-refractivity contribution in [1.82, 2.24) is 0 Å². The van der Waals surface area contributed by atoms with Crippen molar-refractivity contribution >= 4 is 11.0 Å². The van der Waals surface area contributed by atoms with Gasteiger partial charge in [0.15, 0.2) is 0 Å². The van der Waals surface area contributed by atoms with Crippen molar-refractivity contribution in [2.75, 3.05) is 0 Å². The first-order valence-corrected chi connectivity index (χ1v) is 6.92. The highest BCUT2D eigenvalue weighted by Crippen LogP contribution is 2.17. The van der Waals surface area contributed by atoms with Gasteiger partial charge in [0, 0.05) is 11.5 Å². The minimum Gasteiger partial charge on any atom is -0.461 e. The molecule has 3 rings (SSSR count). The normalized spacial score (nSPS) is 9.43. The van der Waals surface area contributed by atoms with E-state index in [1.807, 2.05) is 51.1 Å². The van der Waals surface area contributed by atoms with Crippen molar-refractivity contribution in [3.8, 4) is 0 Å². The predicted molar refractivity (Wildman–Crippen MR) is 83.4 cm³/mol. The van der Waals surface area contributed by atoms with Crippen molar-refractivity contribution in [2.24, 2.45) is 0 Å². The minimum absolute atomic E-state index is 0.521. The number of hydrogen-bond acceptors (Lipinski definition) is 1. The Morgan fingerprint density at radius 1 is 0.810 bits per heavy atom. The summed E-state index contributed by atoms with van der Waals surface area (Å²) >= 11 is 0. The number of hydrogen-bond donors (Lipinski definition) is 0. The van der Waals surface area contributed by atoms with Crippen molar-refractivity contribution in [3.05, 3.63) is 71.5 Å². The predicted octanol–water partition coefficient (Wildman–Crippen LogP) is 6.04. The van der Waals surface area contributed by atoms with Gasteiger partial charge in [0.1, 0.15) is 23.0 Å². The van der Waals surface area contributed by atoms with Gasteiger partial charge in [0.2, 0.25) is 0 Å². The van der Waals surface area contributed by atoms with Gasteiger partial charge in [-0.15, -0.1) is 0 Å². The van der Waals surface area contributed by atoms with Crippen LogP contribution in [0.15, 0.2) is 52.9 Å². The zero-order valence-corrected chi connectivity index (χ0v) is 12.8. The quantitative estimate of drug-likeness (QED) is 0.492. The summed E-state index contributed by atoms with van der Waals surface area (Å²) in [7, 11) is 0. The fourth-order valence-electron chi connectivity index (χ4n) is 1.81. The molecule has 0 bridgehead atoms. The molecule has 1 nitrogen and oxygen atoms in total. The second-order valence-corrected chi connectivity index (χ2v) is 4.34. The summed E-state index contributed by atoms with van der Waals surface area (Å²) in [4.78, 5) is 0. The number of furan rings is 1. The highest BCUT2D eigenvalue weighted by Gasteiger charge is 1.95. The van der Waals surface area contributed by atoms with Crippen LogP contribution in [0.3, 0.4) is 0 Å². The molecule has 0 aliphatic carbocycles. The maximum Gasteiger partial charge on any atom is 0.134 e. The van der Waals surface area contributed by atoms with Gasteiger partial charge in [0.25, 0.3) is 0 Å². The van der Waals surface area contributed by atoms with Gasteiger partial charge >= 0.3 is 0 Å². The Balaban J connectivity index is 0.000000189. The van der Waals surface area contributed by atoms with Gasteiger partial charge < -0.3 is 4.42 Å². The lowest BCUT2D eigenvalue weighted by Crippen LogP contribution is -1.80. The first-order chi connectivity index (χ1) is 10.0. The fraction of sp³-hybridized carbons (Fsp3) is 0.222. The van der Waals surface area contributed by atoms with E-state index in [9.17, 15) is 8.78 Å². The highest BCUT2D eigenvalue weighted by atomic mass is 19.1. The largest absolute Gasteiger partial charge is 0.461 e. The molecule has 0 spiro atoms. The molecular formula is C18H20F2O. The van der Waals surface area contributed by atoms with E-state index in [-0.39, 0.29) is 0 Å². The molecule has 0 aliphatic rings. The standard InChI is InChI=1S/C9H8O.C7H6F2.C2H6/c1-7-6-8-4-2-3-5-9(8)10-7;1-5-2-6(8)4-7(9)3-5;1-2/h2-6H,1H3;2-4H,1H3;1-2H3. The summed E-state index contributed by atoms with van der Waals surface area (Å²) < 4.78 is 29.7. The van der Waals surface area contributed by atoms with Gasteiger partial charge in [-0.25, -0.2) is 8.78 Å². The van der Waals surface area contributed by atoms with Crippen LogP contribution < -0.4 is 0 Å². The van der Waals surface area contributed by atoms with E-state index in [2.05, 4.69) is 0 Å². The van der Waals surface area contributed by atoms with Gasteiger partial charge in [-0.3, -0.25) is 0 Å².